The fourth-order valence-electron chi connectivity index (χ4n) is 3.41. The molecule has 1 nitrogen and oxygen atoms in total. The zero-order valence-corrected chi connectivity index (χ0v) is 14.7. The molecule has 0 heterocycles. The molecule has 0 saturated heterocycles. The van der Waals surface area contributed by atoms with Gasteiger partial charge >= 0.3 is 0 Å². The van der Waals surface area contributed by atoms with Gasteiger partial charge in [0.2, 0.25) is 0 Å². The van der Waals surface area contributed by atoms with Crippen LogP contribution in [0.5, 0.6) is 0 Å². The fourth-order valence-corrected chi connectivity index (χ4v) is 3.41. The van der Waals surface area contributed by atoms with Crippen LogP contribution in [0.4, 0.5) is 0 Å². The molecular formula is C23H29N. The maximum atomic E-state index is 3.91. The Morgan fingerprint density at radius 3 is 2.29 bits per heavy atom. The quantitative estimate of drug-likeness (QED) is 0.617. The zero-order valence-electron chi connectivity index (χ0n) is 14.7. The Labute approximate surface area is 146 Å². The Morgan fingerprint density at radius 2 is 1.67 bits per heavy atom. The minimum absolute atomic E-state index is 0.0431. The summed E-state index contributed by atoms with van der Waals surface area (Å²) < 4.78 is 0. The molecular weight excluding hydrogens is 290 g/mol. The lowest BCUT2D eigenvalue weighted by Crippen LogP contribution is -2.42. The van der Waals surface area contributed by atoms with Gasteiger partial charge in [0.05, 0.1) is 0 Å². The first-order valence-corrected chi connectivity index (χ1v) is 9.34. The topological polar surface area (TPSA) is 12.0 Å². The summed E-state index contributed by atoms with van der Waals surface area (Å²) in [5, 5.41) is 3.91. The van der Waals surface area contributed by atoms with Crippen LogP contribution in [0.1, 0.15) is 50.2 Å². The minimum Gasteiger partial charge on any atom is -0.307 e. The summed E-state index contributed by atoms with van der Waals surface area (Å²) in [5.74, 6) is 0.975. The third-order valence-corrected chi connectivity index (χ3v) is 5.22. The van der Waals surface area contributed by atoms with E-state index in [-0.39, 0.29) is 5.54 Å². The number of nitrogens with one attached hydrogen (secondary N) is 1. The highest BCUT2D eigenvalue weighted by molar-refractivity contribution is 5.49. The third-order valence-electron chi connectivity index (χ3n) is 5.22. The molecule has 1 saturated carbocycles. The molecule has 1 atom stereocenters. The van der Waals surface area contributed by atoms with E-state index in [9.17, 15) is 0 Å². The Kier molecular flexibility index (Phi) is 5.87. The summed E-state index contributed by atoms with van der Waals surface area (Å²) in [4.78, 5) is 0. The maximum absolute atomic E-state index is 3.91. The van der Waals surface area contributed by atoms with E-state index in [0.717, 1.165) is 25.3 Å². The molecule has 0 bridgehead atoms. The van der Waals surface area contributed by atoms with Crippen molar-refractivity contribution in [2.75, 3.05) is 6.54 Å². The first-order chi connectivity index (χ1) is 11.8. The van der Waals surface area contributed by atoms with Crippen LogP contribution in [0.15, 0.2) is 66.7 Å². The Bertz CT molecular complexity index is 628. The van der Waals surface area contributed by atoms with Gasteiger partial charge in [0.25, 0.3) is 0 Å². The van der Waals surface area contributed by atoms with Crippen molar-refractivity contribution in [3.63, 3.8) is 0 Å². The standard InChI is InChI=1S/C23H29N/c1-2-23(22-13-7-4-8-14-22,24-19-17-21-15-16-21)18-9-12-20-10-5-3-6-11-20/h3-14,21,24H,2,15-19H2,1H3. The van der Waals surface area contributed by atoms with Crippen LogP contribution in [0.3, 0.4) is 0 Å². The van der Waals surface area contributed by atoms with E-state index in [1.54, 1.807) is 0 Å². The van der Waals surface area contributed by atoms with Crippen molar-refractivity contribution in [1.29, 1.82) is 0 Å². The Balaban J connectivity index is 1.73. The summed E-state index contributed by atoms with van der Waals surface area (Å²) in [5.41, 5.74) is 2.72. The van der Waals surface area contributed by atoms with Crippen molar-refractivity contribution in [2.45, 2.75) is 44.6 Å². The van der Waals surface area contributed by atoms with Crippen LogP contribution in [0.25, 0.3) is 6.08 Å². The minimum atomic E-state index is 0.0431. The van der Waals surface area contributed by atoms with E-state index in [4.69, 9.17) is 0 Å². The fraction of sp³-hybridized carbons (Fsp3) is 0.391. The predicted molar refractivity (Wildman–Crippen MR) is 104 cm³/mol. The van der Waals surface area contributed by atoms with Crippen molar-refractivity contribution >= 4 is 6.08 Å². The molecule has 0 spiro atoms. The summed E-state index contributed by atoms with van der Waals surface area (Å²) >= 11 is 0. The lowest BCUT2D eigenvalue weighted by molar-refractivity contribution is 0.318. The lowest BCUT2D eigenvalue weighted by Gasteiger charge is -2.34. The van der Waals surface area contributed by atoms with Crippen LogP contribution in [-0.2, 0) is 5.54 Å². The maximum Gasteiger partial charge on any atom is 0.0466 e. The molecule has 0 aromatic heterocycles. The van der Waals surface area contributed by atoms with Crippen molar-refractivity contribution in [2.24, 2.45) is 5.92 Å². The number of hydrogen-bond donors (Lipinski definition) is 1. The molecule has 2 aromatic rings. The first-order valence-electron chi connectivity index (χ1n) is 9.34. The highest BCUT2D eigenvalue weighted by Gasteiger charge is 2.29. The molecule has 0 aliphatic heterocycles. The Morgan fingerprint density at radius 1 is 1.00 bits per heavy atom. The van der Waals surface area contributed by atoms with Crippen molar-refractivity contribution in [1.82, 2.24) is 5.32 Å². The van der Waals surface area contributed by atoms with Gasteiger partial charge in [-0.15, -0.1) is 0 Å². The Hall–Kier alpha value is -1.86. The van der Waals surface area contributed by atoms with E-state index in [0.29, 0.717) is 0 Å². The smallest absolute Gasteiger partial charge is 0.0466 e. The van der Waals surface area contributed by atoms with Gasteiger partial charge in [-0.2, -0.15) is 0 Å². The lowest BCUT2D eigenvalue weighted by atomic mass is 9.83. The van der Waals surface area contributed by atoms with Gasteiger partial charge in [-0.05, 0) is 42.9 Å². The van der Waals surface area contributed by atoms with Gasteiger partial charge in [0.1, 0.15) is 0 Å². The molecule has 1 fully saturated rings. The van der Waals surface area contributed by atoms with Gasteiger partial charge < -0.3 is 5.32 Å². The average molecular weight is 319 g/mol. The van der Waals surface area contributed by atoms with Gasteiger partial charge in [-0.25, -0.2) is 0 Å². The number of hydrogen-bond acceptors (Lipinski definition) is 1. The van der Waals surface area contributed by atoms with Gasteiger partial charge in [0.15, 0.2) is 0 Å². The van der Waals surface area contributed by atoms with Gasteiger partial charge in [-0.3, -0.25) is 0 Å². The highest BCUT2D eigenvalue weighted by atomic mass is 15.0. The van der Waals surface area contributed by atoms with Crippen LogP contribution >= 0.6 is 0 Å². The third kappa shape index (κ3) is 4.58. The van der Waals surface area contributed by atoms with E-state index in [1.165, 1.54) is 30.4 Å². The van der Waals surface area contributed by atoms with E-state index >= 15 is 0 Å². The summed E-state index contributed by atoms with van der Waals surface area (Å²) in [6, 6.07) is 21.5. The molecule has 3 rings (SSSR count). The molecule has 1 aliphatic carbocycles. The van der Waals surface area contributed by atoms with Gasteiger partial charge in [0, 0.05) is 5.54 Å². The molecule has 1 heteroatoms. The molecule has 0 radical (unpaired) electrons. The number of benzene rings is 2. The number of rotatable bonds is 9. The molecule has 1 unspecified atom stereocenters. The molecule has 0 amide bonds. The highest BCUT2D eigenvalue weighted by Crippen LogP contribution is 2.34. The van der Waals surface area contributed by atoms with E-state index < -0.39 is 0 Å². The van der Waals surface area contributed by atoms with Crippen molar-refractivity contribution in [3.05, 3.63) is 77.9 Å². The summed E-state index contributed by atoms with van der Waals surface area (Å²) in [6.07, 6.45) is 10.9. The van der Waals surface area contributed by atoms with Crippen molar-refractivity contribution in [3.8, 4) is 0 Å². The first kappa shape index (κ1) is 17.0. The second-order valence-electron chi connectivity index (χ2n) is 6.98. The average Bonchev–Trinajstić information content (AvgIpc) is 3.46. The molecule has 2 aromatic carbocycles. The van der Waals surface area contributed by atoms with Crippen LogP contribution < -0.4 is 5.32 Å². The van der Waals surface area contributed by atoms with Crippen molar-refractivity contribution < 1.29 is 0 Å². The summed E-state index contributed by atoms with van der Waals surface area (Å²) in [6.45, 7) is 3.42. The molecule has 1 aliphatic rings. The second kappa shape index (κ2) is 8.30. The predicted octanol–water partition coefficient (Wildman–Crippen LogP) is 5.79. The van der Waals surface area contributed by atoms with Crippen LogP contribution in [-0.4, -0.2) is 6.54 Å². The van der Waals surface area contributed by atoms with E-state index in [2.05, 4.69) is 85.1 Å². The monoisotopic (exact) mass is 319 g/mol. The molecule has 126 valence electrons. The largest absolute Gasteiger partial charge is 0.307 e. The van der Waals surface area contributed by atoms with Crippen LogP contribution in [0.2, 0.25) is 0 Å². The molecule has 1 N–H and O–H groups in total. The van der Waals surface area contributed by atoms with Crippen LogP contribution in [0, 0.1) is 5.92 Å². The SMILES string of the molecule is CCC(CC=Cc1ccccc1)(NCCC1CC1)c1ccccc1. The molecule has 24 heavy (non-hydrogen) atoms. The summed E-state index contributed by atoms with van der Waals surface area (Å²) in [7, 11) is 0. The normalized spacial score (nSPS) is 17.0. The zero-order chi connectivity index (χ0) is 16.7. The second-order valence-corrected chi connectivity index (χ2v) is 6.98. The van der Waals surface area contributed by atoms with Gasteiger partial charge in [-0.1, -0.05) is 92.6 Å². The van der Waals surface area contributed by atoms with E-state index in [1.807, 2.05) is 0 Å².